The molecular formula is C23H35IN4O3. The van der Waals surface area contributed by atoms with Gasteiger partial charge in [-0.15, -0.1) is 24.0 Å². The number of aryl methyl sites for hydroxylation is 2. The molecule has 1 aromatic carbocycles. The highest BCUT2D eigenvalue weighted by Gasteiger charge is 2.15. The van der Waals surface area contributed by atoms with E-state index in [9.17, 15) is 0 Å². The lowest BCUT2D eigenvalue weighted by Gasteiger charge is -2.22. The van der Waals surface area contributed by atoms with E-state index in [2.05, 4.69) is 58.9 Å². The van der Waals surface area contributed by atoms with Crippen molar-refractivity contribution >= 4 is 29.9 Å². The number of aromatic nitrogens is 1. The Balaban J connectivity index is 0.00000341. The third-order valence-electron chi connectivity index (χ3n) is 5.37. The van der Waals surface area contributed by atoms with Crippen molar-refractivity contribution in [1.82, 2.24) is 15.8 Å². The summed E-state index contributed by atoms with van der Waals surface area (Å²) >= 11 is 0. The number of rotatable bonds is 9. The van der Waals surface area contributed by atoms with Gasteiger partial charge in [0, 0.05) is 45.3 Å². The molecule has 2 N–H and O–H groups in total. The van der Waals surface area contributed by atoms with Gasteiger partial charge in [-0.3, -0.25) is 4.99 Å². The Morgan fingerprint density at radius 1 is 1.13 bits per heavy atom. The summed E-state index contributed by atoms with van der Waals surface area (Å²) in [7, 11) is 1.78. The fraction of sp³-hybridized carbons (Fsp3) is 0.565. The van der Waals surface area contributed by atoms with Crippen molar-refractivity contribution in [3.8, 4) is 0 Å². The second-order valence-corrected chi connectivity index (χ2v) is 7.46. The van der Waals surface area contributed by atoms with Crippen LogP contribution < -0.4 is 10.6 Å². The molecule has 0 amide bonds. The van der Waals surface area contributed by atoms with Crippen molar-refractivity contribution in [3.05, 3.63) is 52.4 Å². The van der Waals surface area contributed by atoms with E-state index < -0.39 is 0 Å². The number of aliphatic imine (C=N–C) groups is 1. The van der Waals surface area contributed by atoms with Crippen molar-refractivity contribution in [2.45, 2.75) is 65.3 Å². The summed E-state index contributed by atoms with van der Waals surface area (Å²) in [5.41, 5.74) is 4.52. The minimum Gasteiger partial charge on any atom is -0.381 e. The highest BCUT2D eigenvalue weighted by Crippen LogP contribution is 2.16. The molecule has 172 valence electrons. The molecule has 1 aromatic heterocycles. The molecule has 0 aliphatic carbocycles. The fourth-order valence-corrected chi connectivity index (χ4v) is 3.60. The van der Waals surface area contributed by atoms with E-state index in [1.807, 2.05) is 0 Å². The van der Waals surface area contributed by atoms with Crippen LogP contribution in [0.4, 0.5) is 0 Å². The van der Waals surface area contributed by atoms with Crippen molar-refractivity contribution in [1.29, 1.82) is 0 Å². The molecule has 0 bridgehead atoms. The molecule has 1 saturated heterocycles. The first-order valence-electron chi connectivity index (χ1n) is 10.9. The van der Waals surface area contributed by atoms with Gasteiger partial charge >= 0.3 is 0 Å². The Labute approximate surface area is 202 Å². The molecule has 8 heteroatoms. The summed E-state index contributed by atoms with van der Waals surface area (Å²) in [4.78, 5) is 4.34. The van der Waals surface area contributed by atoms with E-state index >= 15 is 0 Å². The molecule has 0 unspecified atom stereocenters. The van der Waals surface area contributed by atoms with Gasteiger partial charge < -0.3 is 24.6 Å². The number of ether oxygens (including phenoxy) is 2. The zero-order valence-corrected chi connectivity index (χ0v) is 21.1. The number of nitrogens with zero attached hydrogens (tertiary/aromatic N) is 2. The molecule has 1 aliphatic heterocycles. The molecule has 0 saturated carbocycles. The van der Waals surface area contributed by atoms with Crippen molar-refractivity contribution in [2.24, 2.45) is 4.99 Å². The van der Waals surface area contributed by atoms with Crippen LogP contribution in [0.2, 0.25) is 0 Å². The van der Waals surface area contributed by atoms with Crippen LogP contribution in [0.15, 0.2) is 33.8 Å². The molecule has 0 atom stereocenters. The number of nitrogens with one attached hydrogen (secondary N) is 2. The molecular weight excluding hydrogens is 507 g/mol. The summed E-state index contributed by atoms with van der Waals surface area (Å²) in [6.45, 7) is 7.74. The molecule has 3 rings (SSSR count). The Hall–Kier alpha value is -1.65. The third kappa shape index (κ3) is 7.76. The average Bonchev–Trinajstić information content (AvgIpc) is 3.21. The van der Waals surface area contributed by atoms with Crippen LogP contribution in [0.25, 0.3) is 0 Å². The highest BCUT2D eigenvalue weighted by molar-refractivity contribution is 14.0. The third-order valence-corrected chi connectivity index (χ3v) is 5.37. The van der Waals surface area contributed by atoms with Crippen LogP contribution in [-0.4, -0.2) is 37.5 Å². The zero-order chi connectivity index (χ0) is 21.2. The molecule has 2 heterocycles. The van der Waals surface area contributed by atoms with Gasteiger partial charge in [-0.05, 0) is 30.4 Å². The van der Waals surface area contributed by atoms with Crippen LogP contribution >= 0.6 is 24.0 Å². The number of hydrogen-bond acceptors (Lipinski definition) is 5. The standard InChI is InChI=1S/C23H34N4O3.HI/c1-4-21-20(22(5-2)30-27-21)15-26-23(24-3)25-14-17-7-6-8-18(13-17)16-29-19-9-11-28-12-10-19;/h6-8,13,19H,4-5,9-12,14-16H2,1-3H3,(H2,24,25,26);1H. The van der Waals surface area contributed by atoms with Gasteiger partial charge in [-0.25, -0.2) is 0 Å². The minimum atomic E-state index is 0. The molecule has 0 radical (unpaired) electrons. The highest BCUT2D eigenvalue weighted by atomic mass is 127. The second-order valence-electron chi connectivity index (χ2n) is 7.46. The molecule has 1 aliphatic rings. The largest absolute Gasteiger partial charge is 0.381 e. The second kappa shape index (κ2) is 13.7. The average molecular weight is 542 g/mol. The van der Waals surface area contributed by atoms with Crippen LogP contribution in [0, 0.1) is 0 Å². The summed E-state index contributed by atoms with van der Waals surface area (Å²) in [5, 5.41) is 10.9. The van der Waals surface area contributed by atoms with Gasteiger partial charge in [0.05, 0.1) is 18.4 Å². The zero-order valence-electron chi connectivity index (χ0n) is 18.8. The lowest BCUT2D eigenvalue weighted by molar-refractivity contribution is -0.0390. The van der Waals surface area contributed by atoms with E-state index in [1.54, 1.807) is 7.05 Å². The number of benzene rings is 1. The maximum atomic E-state index is 6.04. The van der Waals surface area contributed by atoms with Crippen LogP contribution in [0.3, 0.4) is 0 Å². The maximum absolute atomic E-state index is 6.04. The fourth-order valence-electron chi connectivity index (χ4n) is 3.60. The van der Waals surface area contributed by atoms with Gasteiger partial charge in [-0.2, -0.15) is 0 Å². The lowest BCUT2D eigenvalue weighted by atomic mass is 10.1. The number of guanidine groups is 1. The first kappa shape index (κ1) is 25.6. The first-order chi connectivity index (χ1) is 14.7. The Morgan fingerprint density at radius 3 is 2.58 bits per heavy atom. The molecule has 0 spiro atoms. The molecule has 31 heavy (non-hydrogen) atoms. The summed E-state index contributed by atoms with van der Waals surface area (Å²) < 4.78 is 16.9. The van der Waals surface area contributed by atoms with Gasteiger partial charge in [0.25, 0.3) is 0 Å². The SMILES string of the molecule is CCc1noc(CC)c1CNC(=NC)NCc1cccc(COC2CCOCC2)c1.I. The van der Waals surface area contributed by atoms with Gasteiger partial charge in [0.15, 0.2) is 5.96 Å². The minimum absolute atomic E-state index is 0. The summed E-state index contributed by atoms with van der Waals surface area (Å²) in [6.07, 6.45) is 3.96. The molecule has 2 aromatic rings. The van der Waals surface area contributed by atoms with Crippen molar-refractivity contribution in [3.63, 3.8) is 0 Å². The van der Waals surface area contributed by atoms with Gasteiger partial charge in [0.1, 0.15) is 5.76 Å². The van der Waals surface area contributed by atoms with E-state index in [4.69, 9.17) is 14.0 Å². The quantitative estimate of drug-likeness (QED) is 0.284. The topological polar surface area (TPSA) is 80.9 Å². The van der Waals surface area contributed by atoms with Gasteiger partial charge in [-0.1, -0.05) is 43.3 Å². The lowest BCUT2D eigenvalue weighted by Crippen LogP contribution is -2.36. The van der Waals surface area contributed by atoms with Crippen molar-refractivity contribution in [2.75, 3.05) is 20.3 Å². The normalized spacial score (nSPS) is 14.9. The number of halogens is 1. The van der Waals surface area contributed by atoms with E-state index in [1.165, 1.54) is 11.1 Å². The number of hydrogen-bond donors (Lipinski definition) is 2. The monoisotopic (exact) mass is 542 g/mol. The Kier molecular flexibility index (Phi) is 11.3. The van der Waals surface area contributed by atoms with E-state index in [-0.39, 0.29) is 24.0 Å². The first-order valence-corrected chi connectivity index (χ1v) is 10.9. The Morgan fingerprint density at radius 2 is 1.87 bits per heavy atom. The van der Waals surface area contributed by atoms with Crippen LogP contribution in [-0.2, 0) is 42.0 Å². The van der Waals surface area contributed by atoms with E-state index in [0.717, 1.165) is 61.9 Å². The smallest absolute Gasteiger partial charge is 0.191 e. The van der Waals surface area contributed by atoms with Crippen LogP contribution in [0.1, 0.15) is 54.8 Å². The predicted molar refractivity (Wildman–Crippen MR) is 133 cm³/mol. The Bertz CT molecular complexity index is 797. The predicted octanol–water partition coefficient (Wildman–Crippen LogP) is 3.98. The molecule has 7 nitrogen and oxygen atoms in total. The van der Waals surface area contributed by atoms with Crippen LogP contribution in [0.5, 0.6) is 0 Å². The summed E-state index contributed by atoms with van der Waals surface area (Å²) in [6, 6.07) is 8.49. The van der Waals surface area contributed by atoms with Crippen molar-refractivity contribution < 1.29 is 14.0 Å². The van der Waals surface area contributed by atoms with E-state index in [0.29, 0.717) is 25.8 Å². The maximum Gasteiger partial charge on any atom is 0.191 e. The summed E-state index contributed by atoms with van der Waals surface area (Å²) in [5.74, 6) is 1.69. The molecule has 1 fully saturated rings. The van der Waals surface area contributed by atoms with Gasteiger partial charge in [0.2, 0.25) is 0 Å².